The van der Waals surface area contributed by atoms with Crippen molar-refractivity contribution in [2.75, 3.05) is 0 Å². The van der Waals surface area contributed by atoms with Gasteiger partial charge in [0.25, 0.3) is 5.56 Å². The summed E-state index contributed by atoms with van der Waals surface area (Å²) in [5.41, 5.74) is 1.04. The van der Waals surface area contributed by atoms with Crippen molar-refractivity contribution in [2.24, 2.45) is 7.05 Å². The second-order valence-corrected chi connectivity index (χ2v) is 3.79. The number of fused-ring (bicyclic) bond motifs is 1. The molecule has 2 heterocycles. The zero-order chi connectivity index (χ0) is 9.59. The largest absolute Gasteiger partial charge is 0.328 e. The van der Waals surface area contributed by atoms with Gasteiger partial charge >= 0.3 is 5.69 Å². The summed E-state index contributed by atoms with van der Waals surface area (Å²) in [5.74, 6) is 0. The highest BCUT2D eigenvalue weighted by Gasteiger charge is 2.08. The third-order valence-electron chi connectivity index (χ3n) is 2.01. The molecule has 0 bridgehead atoms. The minimum absolute atomic E-state index is 0.295. The number of rotatable bonds is 0. The van der Waals surface area contributed by atoms with Crippen LogP contribution < -0.4 is 11.2 Å². The Morgan fingerprint density at radius 3 is 2.85 bits per heavy atom. The third-order valence-corrected chi connectivity index (χ3v) is 3.09. The highest BCUT2D eigenvalue weighted by Crippen LogP contribution is 2.19. The first-order valence-corrected chi connectivity index (χ1v) is 4.66. The molecule has 0 aliphatic carbocycles. The summed E-state index contributed by atoms with van der Waals surface area (Å²) in [6.07, 6.45) is 0. The molecule has 0 saturated carbocycles. The summed E-state index contributed by atoms with van der Waals surface area (Å²) in [5, 5.41) is 1.87. The Labute approximate surface area is 77.5 Å². The van der Waals surface area contributed by atoms with Crippen LogP contribution in [0.5, 0.6) is 0 Å². The number of thiophene rings is 1. The first-order valence-electron chi connectivity index (χ1n) is 3.78. The number of nitrogens with one attached hydrogen (secondary N) is 1. The molecule has 0 aliphatic rings. The molecular weight excluding hydrogens is 188 g/mol. The molecule has 0 spiro atoms. The van der Waals surface area contributed by atoms with Gasteiger partial charge in [-0.2, -0.15) is 0 Å². The van der Waals surface area contributed by atoms with E-state index in [0.29, 0.717) is 4.70 Å². The van der Waals surface area contributed by atoms with E-state index in [1.54, 1.807) is 7.05 Å². The molecule has 0 aromatic carbocycles. The van der Waals surface area contributed by atoms with Gasteiger partial charge in [0.05, 0.1) is 5.52 Å². The molecule has 0 atom stereocenters. The van der Waals surface area contributed by atoms with Crippen LogP contribution in [-0.2, 0) is 7.05 Å². The van der Waals surface area contributed by atoms with Gasteiger partial charge in [0.2, 0.25) is 0 Å². The van der Waals surface area contributed by atoms with Gasteiger partial charge in [0.15, 0.2) is 0 Å². The molecule has 68 valence electrons. The van der Waals surface area contributed by atoms with Crippen molar-refractivity contribution in [3.8, 4) is 0 Å². The number of nitrogens with zero attached hydrogens (tertiary/aromatic N) is 1. The summed E-state index contributed by atoms with van der Waals surface area (Å²) in [7, 11) is 1.65. The van der Waals surface area contributed by atoms with Crippen LogP contribution in [0.4, 0.5) is 0 Å². The van der Waals surface area contributed by atoms with Crippen molar-refractivity contribution in [1.29, 1.82) is 0 Å². The summed E-state index contributed by atoms with van der Waals surface area (Å²) >= 11 is 1.36. The average Bonchev–Trinajstić information content (AvgIpc) is 2.44. The van der Waals surface area contributed by atoms with Crippen LogP contribution in [0.25, 0.3) is 10.2 Å². The monoisotopic (exact) mass is 196 g/mol. The van der Waals surface area contributed by atoms with Crippen LogP contribution in [0.15, 0.2) is 15.0 Å². The molecule has 0 aliphatic heterocycles. The normalized spacial score (nSPS) is 10.9. The van der Waals surface area contributed by atoms with E-state index in [1.165, 1.54) is 15.9 Å². The first kappa shape index (κ1) is 8.25. The Bertz CT molecular complexity index is 576. The molecule has 5 heteroatoms. The number of aromatic nitrogens is 2. The number of H-pyrrole nitrogens is 1. The lowest BCUT2D eigenvalue weighted by atomic mass is 10.3. The molecular formula is C8H8N2O2S. The molecule has 4 nitrogen and oxygen atoms in total. The average molecular weight is 196 g/mol. The number of aryl methyl sites for hydroxylation is 2. The molecule has 0 radical (unpaired) electrons. The Hall–Kier alpha value is -1.36. The topological polar surface area (TPSA) is 54.9 Å². The van der Waals surface area contributed by atoms with Gasteiger partial charge in [0, 0.05) is 7.05 Å². The molecule has 2 aromatic rings. The van der Waals surface area contributed by atoms with Crippen LogP contribution in [0.1, 0.15) is 5.56 Å². The smallest absolute Gasteiger partial charge is 0.295 e. The SMILES string of the molecule is Cc1csc2c(=O)[nH]c(=O)n(C)c12. The maximum Gasteiger partial charge on any atom is 0.328 e. The maximum absolute atomic E-state index is 11.3. The first-order chi connectivity index (χ1) is 6.11. The maximum atomic E-state index is 11.3. The number of hydrogen-bond acceptors (Lipinski definition) is 3. The second-order valence-electron chi connectivity index (χ2n) is 2.91. The van der Waals surface area contributed by atoms with Crippen molar-refractivity contribution in [1.82, 2.24) is 9.55 Å². The Morgan fingerprint density at radius 1 is 1.46 bits per heavy atom. The van der Waals surface area contributed by atoms with E-state index in [9.17, 15) is 9.59 Å². The fourth-order valence-electron chi connectivity index (χ4n) is 1.36. The van der Waals surface area contributed by atoms with E-state index in [0.717, 1.165) is 11.1 Å². The molecule has 0 fully saturated rings. The van der Waals surface area contributed by atoms with E-state index in [4.69, 9.17) is 0 Å². The Morgan fingerprint density at radius 2 is 2.15 bits per heavy atom. The fourth-order valence-corrected chi connectivity index (χ4v) is 2.33. The van der Waals surface area contributed by atoms with Crippen LogP contribution in [0.2, 0.25) is 0 Å². The van der Waals surface area contributed by atoms with E-state index >= 15 is 0 Å². The second kappa shape index (κ2) is 2.56. The minimum atomic E-state index is -0.362. The lowest BCUT2D eigenvalue weighted by Gasteiger charge is -1.98. The lowest BCUT2D eigenvalue weighted by Crippen LogP contribution is -2.27. The zero-order valence-electron chi connectivity index (χ0n) is 7.25. The Kier molecular flexibility index (Phi) is 1.63. The number of aromatic amines is 1. The predicted molar refractivity (Wildman–Crippen MR) is 52.4 cm³/mol. The van der Waals surface area contributed by atoms with Crippen LogP contribution >= 0.6 is 11.3 Å². The molecule has 0 saturated heterocycles. The molecule has 13 heavy (non-hydrogen) atoms. The number of hydrogen-bond donors (Lipinski definition) is 1. The van der Waals surface area contributed by atoms with Gasteiger partial charge in [-0.1, -0.05) is 0 Å². The van der Waals surface area contributed by atoms with Crippen molar-refractivity contribution >= 4 is 21.6 Å². The quantitative estimate of drug-likeness (QED) is 0.670. The molecule has 0 unspecified atom stereocenters. The van der Waals surface area contributed by atoms with Gasteiger partial charge < -0.3 is 0 Å². The van der Waals surface area contributed by atoms with Crippen LogP contribution in [0, 0.1) is 6.92 Å². The minimum Gasteiger partial charge on any atom is -0.295 e. The van der Waals surface area contributed by atoms with Crippen molar-refractivity contribution in [2.45, 2.75) is 6.92 Å². The van der Waals surface area contributed by atoms with E-state index in [2.05, 4.69) is 4.98 Å². The van der Waals surface area contributed by atoms with E-state index < -0.39 is 0 Å². The van der Waals surface area contributed by atoms with Crippen LogP contribution in [0.3, 0.4) is 0 Å². The van der Waals surface area contributed by atoms with Gasteiger partial charge in [0.1, 0.15) is 4.70 Å². The molecule has 2 aromatic heterocycles. The van der Waals surface area contributed by atoms with Crippen molar-refractivity contribution in [3.05, 3.63) is 31.8 Å². The summed E-state index contributed by atoms with van der Waals surface area (Å²) < 4.78 is 2.07. The van der Waals surface area contributed by atoms with Gasteiger partial charge in [-0.3, -0.25) is 14.3 Å². The highest BCUT2D eigenvalue weighted by molar-refractivity contribution is 7.17. The lowest BCUT2D eigenvalue weighted by molar-refractivity contribution is 0.843. The molecule has 0 amide bonds. The van der Waals surface area contributed by atoms with Crippen molar-refractivity contribution in [3.63, 3.8) is 0 Å². The van der Waals surface area contributed by atoms with Gasteiger partial charge in [-0.15, -0.1) is 11.3 Å². The summed E-state index contributed by atoms with van der Waals surface area (Å²) in [6, 6.07) is 0. The van der Waals surface area contributed by atoms with E-state index in [-0.39, 0.29) is 11.2 Å². The van der Waals surface area contributed by atoms with E-state index in [1.807, 2.05) is 12.3 Å². The zero-order valence-corrected chi connectivity index (χ0v) is 8.07. The fraction of sp³-hybridized carbons (Fsp3) is 0.250. The van der Waals surface area contributed by atoms with Gasteiger partial charge in [-0.25, -0.2) is 4.79 Å². The molecule has 1 N–H and O–H groups in total. The summed E-state index contributed by atoms with van der Waals surface area (Å²) in [4.78, 5) is 24.8. The van der Waals surface area contributed by atoms with Crippen molar-refractivity contribution < 1.29 is 0 Å². The standard InChI is InChI=1S/C8H8N2O2S/c1-4-3-13-6-5(4)10(2)8(12)9-7(6)11/h3H,1-2H3,(H,9,11,12). The molecule has 2 rings (SSSR count). The highest BCUT2D eigenvalue weighted by atomic mass is 32.1. The van der Waals surface area contributed by atoms with Gasteiger partial charge in [-0.05, 0) is 17.9 Å². The third kappa shape index (κ3) is 1.04. The predicted octanol–water partition coefficient (Wildman–Crippen LogP) is 0.597. The summed E-state index contributed by atoms with van der Waals surface area (Å²) in [6.45, 7) is 1.89. The Balaban J connectivity index is 3.19. The van der Waals surface area contributed by atoms with Crippen LogP contribution in [-0.4, -0.2) is 9.55 Å².